The molecule has 8 heteroatoms. The highest BCUT2D eigenvalue weighted by atomic mass is 32.2. The summed E-state index contributed by atoms with van der Waals surface area (Å²) in [6.45, 7) is 1.89. The SMILES string of the molecule is CSc1ncc(-c2nnsc2C(=O)O[C@@H](C)CCc2ccccc2)cn1. The zero-order valence-electron chi connectivity index (χ0n) is 14.5. The molecule has 1 aromatic carbocycles. The van der Waals surface area contributed by atoms with Crippen LogP contribution in [0, 0.1) is 0 Å². The van der Waals surface area contributed by atoms with Crippen molar-refractivity contribution in [2.24, 2.45) is 0 Å². The Balaban J connectivity index is 1.64. The topological polar surface area (TPSA) is 77.9 Å². The number of carbonyl (C=O) groups excluding carboxylic acids is 1. The molecule has 0 amide bonds. The lowest BCUT2D eigenvalue weighted by atomic mass is 10.1. The van der Waals surface area contributed by atoms with Crippen LogP contribution in [0.2, 0.25) is 0 Å². The van der Waals surface area contributed by atoms with Gasteiger partial charge in [0.2, 0.25) is 0 Å². The molecule has 0 spiro atoms. The van der Waals surface area contributed by atoms with Crippen LogP contribution >= 0.6 is 23.3 Å². The normalized spacial score (nSPS) is 11.9. The van der Waals surface area contributed by atoms with Crippen molar-refractivity contribution in [2.45, 2.75) is 31.0 Å². The van der Waals surface area contributed by atoms with E-state index >= 15 is 0 Å². The number of aryl methyl sites for hydroxylation is 1. The van der Waals surface area contributed by atoms with Gasteiger partial charge in [0.1, 0.15) is 5.69 Å². The third-order valence-electron chi connectivity index (χ3n) is 3.75. The van der Waals surface area contributed by atoms with Gasteiger partial charge in [0.25, 0.3) is 0 Å². The van der Waals surface area contributed by atoms with Crippen molar-refractivity contribution in [1.29, 1.82) is 0 Å². The monoisotopic (exact) mass is 386 g/mol. The van der Waals surface area contributed by atoms with Gasteiger partial charge in [-0.25, -0.2) is 14.8 Å². The molecule has 2 aromatic heterocycles. The smallest absolute Gasteiger partial charge is 0.352 e. The minimum atomic E-state index is -0.412. The maximum Gasteiger partial charge on any atom is 0.352 e. The Morgan fingerprint density at radius 3 is 2.65 bits per heavy atom. The van der Waals surface area contributed by atoms with E-state index in [9.17, 15) is 4.79 Å². The molecule has 2 heterocycles. The van der Waals surface area contributed by atoms with Crippen molar-refractivity contribution in [3.63, 3.8) is 0 Å². The Morgan fingerprint density at radius 2 is 1.96 bits per heavy atom. The number of carbonyl (C=O) groups is 1. The van der Waals surface area contributed by atoms with Gasteiger partial charge in [-0.1, -0.05) is 46.6 Å². The molecule has 3 rings (SSSR count). The van der Waals surface area contributed by atoms with Crippen LogP contribution in [0.1, 0.15) is 28.6 Å². The van der Waals surface area contributed by atoms with Crippen molar-refractivity contribution >= 4 is 29.3 Å². The highest BCUT2D eigenvalue weighted by Gasteiger charge is 2.21. The van der Waals surface area contributed by atoms with Gasteiger partial charge >= 0.3 is 5.97 Å². The van der Waals surface area contributed by atoms with Crippen molar-refractivity contribution in [3.05, 3.63) is 53.2 Å². The van der Waals surface area contributed by atoms with Crippen LogP contribution < -0.4 is 0 Å². The van der Waals surface area contributed by atoms with Crippen LogP contribution in [0.25, 0.3) is 11.3 Å². The molecule has 0 aliphatic heterocycles. The van der Waals surface area contributed by atoms with Gasteiger partial charge in [0.15, 0.2) is 10.0 Å². The van der Waals surface area contributed by atoms with Gasteiger partial charge in [-0.05, 0) is 43.1 Å². The number of nitrogens with zero attached hydrogens (tertiary/aromatic N) is 4. The van der Waals surface area contributed by atoms with Crippen LogP contribution in [0.5, 0.6) is 0 Å². The fourth-order valence-corrected chi connectivity index (χ4v) is 3.26. The van der Waals surface area contributed by atoms with Crippen LogP contribution in [0.3, 0.4) is 0 Å². The van der Waals surface area contributed by atoms with Crippen molar-refractivity contribution in [2.75, 3.05) is 6.26 Å². The summed E-state index contributed by atoms with van der Waals surface area (Å²) in [5.74, 6) is -0.412. The van der Waals surface area contributed by atoms with E-state index in [-0.39, 0.29) is 6.10 Å². The summed E-state index contributed by atoms with van der Waals surface area (Å²) < 4.78 is 9.46. The summed E-state index contributed by atoms with van der Waals surface area (Å²) in [6, 6.07) is 10.1. The number of thioether (sulfide) groups is 1. The third-order valence-corrected chi connectivity index (χ3v) is 5.03. The summed E-state index contributed by atoms with van der Waals surface area (Å²) in [7, 11) is 0. The van der Waals surface area contributed by atoms with Crippen molar-refractivity contribution in [3.8, 4) is 11.3 Å². The summed E-state index contributed by atoms with van der Waals surface area (Å²) in [4.78, 5) is 21.3. The maximum atomic E-state index is 12.5. The maximum absolute atomic E-state index is 12.5. The van der Waals surface area contributed by atoms with Crippen LogP contribution in [0.15, 0.2) is 47.9 Å². The Kier molecular flexibility index (Phi) is 6.30. The zero-order valence-corrected chi connectivity index (χ0v) is 16.1. The fraction of sp³-hybridized carbons (Fsp3) is 0.278. The lowest BCUT2D eigenvalue weighted by Crippen LogP contribution is -2.15. The van der Waals surface area contributed by atoms with Crippen LogP contribution in [0.4, 0.5) is 0 Å². The van der Waals surface area contributed by atoms with E-state index in [1.165, 1.54) is 17.3 Å². The standard InChI is InChI=1S/C18H18N4O2S2/c1-12(8-9-13-6-4-3-5-7-13)24-17(23)16-15(21-22-26-16)14-10-19-18(25-2)20-11-14/h3-7,10-12H,8-9H2,1-2H3/t12-/m0/s1. The number of ether oxygens (including phenoxy) is 1. The molecule has 0 aliphatic carbocycles. The average molecular weight is 387 g/mol. The molecule has 0 N–H and O–H groups in total. The Labute approximate surface area is 160 Å². The first-order chi connectivity index (χ1) is 12.7. The molecule has 26 heavy (non-hydrogen) atoms. The fourth-order valence-electron chi connectivity index (χ4n) is 2.37. The quantitative estimate of drug-likeness (QED) is 0.346. The molecule has 0 radical (unpaired) electrons. The molecule has 0 saturated heterocycles. The first-order valence-electron chi connectivity index (χ1n) is 8.11. The second-order valence-electron chi connectivity index (χ2n) is 5.65. The Bertz CT molecular complexity index is 853. The minimum absolute atomic E-state index is 0.201. The van der Waals surface area contributed by atoms with Crippen molar-refractivity contribution < 1.29 is 9.53 Å². The van der Waals surface area contributed by atoms with Gasteiger partial charge in [-0.2, -0.15) is 0 Å². The molecule has 0 unspecified atom stereocenters. The van der Waals surface area contributed by atoms with E-state index in [1.54, 1.807) is 12.4 Å². The van der Waals surface area contributed by atoms with Gasteiger partial charge < -0.3 is 4.74 Å². The number of esters is 1. The minimum Gasteiger partial charge on any atom is -0.458 e. The number of benzene rings is 1. The van der Waals surface area contributed by atoms with Crippen molar-refractivity contribution in [1.82, 2.24) is 19.6 Å². The predicted molar refractivity (Wildman–Crippen MR) is 102 cm³/mol. The highest BCUT2D eigenvalue weighted by Crippen LogP contribution is 2.25. The second-order valence-corrected chi connectivity index (χ2v) is 7.18. The van der Waals surface area contributed by atoms with E-state index in [2.05, 4.69) is 31.7 Å². The first-order valence-corrected chi connectivity index (χ1v) is 10.1. The van der Waals surface area contributed by atoms with Gasteiger partial charge in [-0.15, -0.1) is 5.10 Å². The molecule has 3 aromatic rings. The largest absolute Gasteiger partial charge is 0.458 e. The van der Waals surface area contributed by atoms with E-state index in [4.69, 9.17) is 4.74 Å². The average Bonchev–Trinajstić information content (AvgIpc) is 3.17. The number of aromatic nitrogens is 4. The number of rotatable bonds is 7. The predicted octanol–water partition coefficient (Wildman–Crippen LogP) is 3.90. The summed E-state index contributed by atoms with van der Waals surface area (Å²) in [5, 5.41) is 4.71. The molecule has 6 nitrogen and oxygen atoms in total. The molecule has 1 atom stereocenters. The first kappa shape index (κ1) is 18.5. The Hall–Kier alpha value is -2.32. The van der Waals surface area contributed by atoms with E-state index in [0.29, 0.717) is 21.3 Å². The zero-order chi connectivity index (χ0) is 18.4. The van der Waals surface area contributed by atoms with E-state index in [0.717, 1.165) is 24.4 Å². The Morgan fingerprint density at radius 1 is 1.23 bits per heavy atom. The van der Waals surface area contributed by atoms with E-state index < -0.39 is 5.97 Å². The number of hydrogen-bond acceptors (Lipinski definition) is 8. The molecule has 0 bridgehead atoms. The lowest BCUT2D eigenvalue weighted by molar-refractivity contribution is 0.0332. The molecule has 0 saturated carbocycles. The third kappa shape index (κ3) is 4.64. The molecular weight excluding hydrogens is 368 g/mol. The van der Waals surface area contributed by atoms with Gasteiger partial charge in [0.05, 0.1) is 6.10 Å². The molecule has 0 aliphatic rings. The highest BCUT2D eigenvalue weighted by molar-refractivity contribution is 7.98. The van der Waals surface area contributed by atoms with Crippen LogP contribution in [-0.4, -0.2) is 37.9 Å². The number of hydrogen-bond donors (Lipinski definition) is 0. The summed E-state index contributed by atoms with van der Waals surface area (Å²) >= 11 is 2.47. The second kappa shape index (κ2) is 8.86. The summed E-state index contributed by atoms with van der Waals surface area (Å²) in [5.41, 5.74) is 2.34. The lowest BCUT2D eigenvalue weighted by Gasteiger charge is -2.12. The molecular formula is C18H18N4O2S2. The molecule has 134 valence electrons. The van der Waals surface area contributed by atoms with E-state index in [1.807, 2.05) is 31.4 Å². The van der Waals surface area contributed by atoms with Gasteiger partial charge in [-0.3, -0.25) is 0 Å². The summed E-state index contributed by atoms with van der Waals surface area (Å²) in [6.07, 6.45) is 6.60. The van der Waals surface area contributed by atoms with Crippen LogP contribution in [-0.2, 0) is 11.2 Å². The van der Waals surface area contributed by atoms with Gasteiger partial charge in [0, 0.05) is 18.0 Å². The molecule has 0 fully saturated rings.